The van der Waals surface area contributed by atoms with Crippen LogP contribution >= 0.6 is 0 Å². The normalized spacial score (nSPS) is 20.3. The maximum Gasteiger partial charge on any atom is 0.193 e. The predicted octanol–water partition coefficient (Wildman–Crippen LogP) is 3.25. The predicted molar refractivity (Wildman–Crippen MR) is 89.9 cm³/mol. The summed E-state index contributed by atoms with van der Waals surface area (Å²) in [5, 5.41) is 3.14. The van der Waals surface area contributed by atoms with Crippen LogP contribution in [-0.2, 0) is 11.3 Å². The lowest BCUT2D eigenvalue weighted by atomic mass is 10.1. The molecule has 2 atom stereocenters. The van der Waals surface area contributed by atoms with Crippen molar-refractivity contribution in [3.05, 3.63) is 65.5 Å². The molecule has 3 N–H and O–H groups in total. The molecule has 2 aromatic carbocycles. The van der Waals surface area contributed by atoms with Crippen LogP contribution in [0.1, 0.15) is 23.5 Å². The molecule has 120 valence electrons. The van der Waals surface area contributed by atoms with Gasteiger partial charge in [0.15, 0.2) is 5.96 Å². The second-order valence-electron chi connectivity index (χ2n) is 5.69. The van der Waals surface area contributed by atoms with Crippen LogP contribution in [0.15, 0.2) is 53.5 Å². The number of aliphatic imine (C=N–C) groups is 1. The first-order valence-corrected chi connectivity index (χ1v) is 7.60. The van der Waals surface area contributed by atoms with E-state index in [9.17, 15) is 4.39 Å². The summed E-state index contributed by atoms with van der Waals surface area (Å²) in [6.07, 6.45) is 0.938. The largest absolute Gasteiger partial charge is 0.380 e. The van der Waals surface area contributed by atoms with Gasteiger partial charge in [-0.25, -0.2) is 9.38 Å². The van der Waals surface area contributed by atoms with Gasteiger partial charge < -0.3 is 15.8 Å². The number of hydrogen-bond acceptors (Lipinski definition) is 2. The molecule has 23 heavy (non-hydrogen) atoms. The number of nitrogens with zero attached hydrogens (tertiary/aromatic N) is 1. The van der Waals surface area contributed by atoms with Gasteiger partial charge in [0, 0.05) is 24.3 Å². The Hall–Kier alpha value is -2.40. The summed E-state index contributed by atoms with van der Waals surface area (Å²) in [5.74, 6) is 0.499. The smallest absolute Gasteiger partial charge is 0.193 e. The van der Waals surface area contributed by atoms with Crippen molar-refractivity contribution in [3.8, 4) is 0 Å². The van der Waals surface area contributed by atoms with E-state index in [1.807, 2.05) is 36.4 Å². The summed E-state index contributed by atoms with van der Waals surface area (Å²) >= 11 is 0. The average Bonchev–Trinajstić information content (AvgIpc) is 3.29. The van der Waals surface area contributed by atoms with Crippen LogP contribution in [0, 0.1) is 5.82 Å². The molecule has 0 bridgehead atoms. The number of rotatable bonds is 5. The lowest BCUT2D eigenvalue weighted by Gasteiger charge is -2.10. The topological polar surface area (TPSA) is 59.6 Å². The Balaban J connectivity index is 1.64. The molecule has 1 saturated carbocycles. The molecule has 0 spiro atoms. The number of methoxy groups -OCH3 is 1. The molecule has 5 heteroatoms. The van der Waals surface area contributed by atoms with Crippen LogP contribution in [0.2, 0.25) is 0 Å². The Kier molecular flexibility index (Phi) is 4.57. The maximum atomic E-state index is 13.0. The first-order chi connectivity index (χ1) is 11.2. The molecule has 3 rings (SSSR count). The molecule has 0 radical (unpaired) electrons. The number of para-hydroxylation sites is 1. The van der Waals surface area contributed by atoms with Crippen molar-refractivity contribution in [2.24, 2.45) is 10.7 Å². The minimum absolute atomic E-state index is 0.155. The van der Waals surface area contributed by atoms with Gasteiger partial charge in [-0.1, -0.05) is 30.3 Å². The summed E-state index contributed by atoms with van der Waals surface area (Å²) in [4.78, 5) is 4.51. The number of ether oxygens (including phenoxy) is 1. The van der Waals surface area contributed by atoms with Crippen LogP contribution in [0.5, 0.6) is 0 Å². The van der Waals surface area contributed by atoms with Crippen LogP contribution in [0.4, 0.5) is 10.1 Å². The zero-order chi connectivity index (χ0) is 16.2. The summed E-state index contributed by atoms with van der Waals surface area (Å²) in [6.45, 7) is 0.512. The third kappa shape index (κ3) is 3.87. The van der Waals surface area contributed by atoms with E-state index >= 15 is 0 Å². The fraction of sp³-hybridized carbons (Fsp3) is 0.278. The molecule has 0 aliphatic heterocycles. The van der Waals surface area contributed by atoms with E-state index in [1.54, 1.807) is 7.11 Å². The standard InChI is InChI=1S/C18H20FN3O/c1-23-11-13-4-2-3-5-16(13)21-18(20)22-17-10-15(17)12-6-8-14(19)9-7-12/h2-9,15,17H,10-11H2,1H3,(H3,20,21,22)/t15-,17+/m0/s1. The van der Waals surface area contributed by atoms with Gasteiger partial charge in [-0.2, -0.15) is 0 Å². The van der Waals surface area contributed by atoms with Gasteiger partial charge in [0.1, 0.15) is 5.82 Å². The van der Waals surface area contributed by atoms with Crippen molar-refractivity contribution < 1.29 is 9.13 Å². The Morgan fingerprint density at radius 3 is 2.74 bits per heavy atom. The van der Waals surface area contributed by atoms with Gasteiger partial charge in [-0.15, -0.1) is 0 Å². The van der Waals surface area contributed by atoms with Gasteiger partial charge >= 0.3 is 0 Å². The second kappa shape index (κ2) is 6.79. The zero-order valence-electron chi connectivity index (χ0n) is 13.0. The van der Waals surface area contributed by atoms with Crippen molar-refractivity contribution in [1.29, 1.82) is 0 Å². The zero-order valence-corrected chi connectivity index (χ0v) is 13.0. The van der Waals surface area contributed by atoms with Crippen molar-refractivity contribution in [1.82, 2.24) is 0 Å². The molecule has 0 amide bonds. The van der Waals surface area contributed by atoms with Gasteiger partial charge in [-0.3, -0.25) is 0 Å². The van der Waals surface area contributed by atoms with Crippen molar-refractivity contribution >= 4 is 11.6 Å². The molecule has 0 aromatic heterocycles. The molecule has 0 heterocycles. The summed E-state index contributed by atoms with van der Waals surface area (Å²) in [5.41, 5.74) is 9.04. The highest BCUT2D eigenvalue weighted by Crippen LogP contribution is 2.43. The van der Waals surface area contributed by atoms with E-state index in [2.05, 4.69) is 10.3 Å². The van der Waals surface area contributed by atoms with E-state index in [4.69, 9.17) is 10.5 Å². The van der Waals surface area contributed by atoms with E-state index in [1.165, 1.54) is 12.1 Å². The summed E-state index contributed by atoms with van der Waals surface area (Å²) in [7, 11) is 1.66. The Labute approximate surface area is 135 Å². The highest BCUT2D eigenvalue weighted by atomic mass is 19.1. The van der Waals surface area contributed by atoms with Crippen molar-refractivity contribution in [2.45, 2.75) is 25.0 Å². The Morgan fingerprint density at radius 2 is 2.00 bits per heavy atom. The lowest BCUT2D eigenvalue weighted by molar-refractivity contribution is 0.185. The highest BCUT2D eigenvalue weighted by Gasteiger charge is 2.38. The molecule has 0 unspecified atom stereocenters. The van der Waals surface area contributed by atoms with Crippen molar-refractivity contribution in [3.63, 3.8) is 0 Å². The molecule has 4 nitrogen and oxygen atoms in total. The average molecular weight is 313 g/mol. The van der Waals surface area contributed by atoms with Crippen LogP contribution in [-0.4, -0.2) is 19.1 Å². The molecule has 1 aliphatic carbocycles. The first-order valence-electron chi connectivity index (χ1n) is 7.60. The van der Waals surface area contributed by atoms with E-state index in [0.29, 0.717) is 18.5 Å². The third-order valence-electron chi connectivity index (χ3n) is 3.94. The maximum absolute atomic E-state index is 13.0. The Bertz CT molecular complexity index is 700. The summed E-state index contributed by atoms with van der Waals surface area (Å²) < 4.78 is 18.1. The minimum atomic E-state index is -0.217. The number of hydrogen-bond donors (Lipinski definition) is 2. The number of benzene rings is 2. The fourth-order valence-corrected chi connectivity index (χ4v) is 2.67. The first kappa shape index (κ1) is 15.5. The second-order valence-corrected chi connectivity index (χ2v) is 5.69. The molecular formula is C18H20FN3O. The molecule has 0 saturated heterocycles. The quantitative estimate of drug-likeness (QED) is 0.658. The highest BCUT2D eigenvalue weighted by molar-refractivity contribution is 5.93. The number of anilines is 1. The van der Waals surface area contributed by atoms with Gasteiger partial charge in [0.25, 0.3) is 0 Å². The monoisotopic (exact) mass is 313 g/mol. The molecule has 1 fully saturated rings. The van der Waals surface area contributed by atoms with E-state index in [0.717, 1.165) is 23.2 Å². The van der Waals surface area contributed by atoms with Crippen LogP contribution in [0.25, 0.3) is 0 Å². The lowest BCUT2D eigenvalue weighted by Crippen LogP contribution is -2.24. The van der Waals surface area contributed by atoms with E-state index < -0.39 is 0 Å². The third-order valence-corrected chi connectivity index (χ3v) is 3.94. The van der Waals surface area contributed by atoms with Crippen molar-refractivity contribution in [2.75, 3.05) is 12.4 Å². The van der Waals surface area contributed by atoms with Gasteiger partial charge in [-0.05, 0) is 30.2 Å². The van der Waals surface area contributed by atoms with Crippen LogP contribution < -0.4 is 11.1 Å². The van der Waals surface area contributed by atoms with Gasteiger partial charge in [0.05, 0.1) is 12.6 Å². The molecule has 2 aromatic rings. The number of nitrogens with two attached hydrogens (primary N) is 1. The fourth-order valence-electron chi connectivity index (χ4n) is 2.67. The molecular weight excluding hydrogens is 293 g/mol. The van der Waals surface area contributed by atoms with E-state index in [-0.39, 0.29) is 11.9 Å². The summed E-state index contributed by atoms with van der Waals surface area (Å²) in [6, 6.07) is 14.6. The number of guanidine groups is 1. The molecule has 1 aliphatic rings. The SMILES string of the molecule is COCc1ccccc1NC(N)=N[C@@H]1C[C@H]1c1ccc(F)cc1. The number of halogens is 1. The Morgan fingerprint density at radius 1 is 1.26 bits per heavy atom. The van der Waals surface area contributed by atoms with Crippen LogP contribution in [0.3, 0.4) is 0 Å². The number of nitrogens with one attached hydrogen (secondary N) is 1. The minimum Gasteiger partial charge on any atom is -0.380 e. The van der Waals surface area contributed by atoms with Gasteiger partial charge in [0.2, 0.25) is 0 Å².